The Morgan fingerprint density at radius 2 is 2.30 bits per heavy atom. The number of allylic oxidation sites excluding steroid dienone is 1. The van der Waals surface area contributed by atoms with Gasteiger partial charge in [-0.1, -0.05) is 12.1 Å². The minimum absolute atomic E-state index is 0.0296. The number of aromatic nitrogens is 2. The first-order valence-corrected chi connectivity index (χ1v) is 9.55. The summed E-state index contributed by atoms with van der Waals surface area (Å²) < 4.78 is 6.87. The van der Waals surface area contributed by atoms with Crippen molar-refractivity contribution in [2.24, 2.45) is 11.7 Å². The fourth-order valence-electron chi connectivity index (χ4n) is 4.10. The SMILES string of the molecule is CN/C=C(\N)C1C[C@H]1c1c(C(=O)OC)cnn1-c1cccc2c1CCC2Cl. The molecule has 3 N–H and O–H groups in total. The van der Waals surface area contributed by atoms with Crippen LogP contribution < -0.4 is 11.1 Å². The largest absolute Gasteiger partial charge is 0.465 e. The van der Waals surface area contributed by atoms with Gasteiger partial charge in [-0.3, -0.25) is 0 Å². The second-order valence-electron chi connectivity index (χ2n) is 7.08. The van der Waals surface area contributed by atoms with E-state index in [1.165, 1.54) is 12.7 Å². The maximum Gasteiger partial charge on any atom is 0.341 e. The molecule has 4 rings (SSSR count). The molecule has 0 bridgehead atoms. The van der Waals surface area contributed by atoms with E-state index in [1.54, 1.807) is 6.20 Å². The van der Waals surface area contributed by atoms with Crippen molar-refractivity contribution in [1.82, 2.24) is 15.1 Å². The van der Waals surface area contributed by atoms with E-state index < -0.39 is 0 Å². The normalized spacial score (nSPS) is 23.8. The second-order valence-corrected chi connectivity index (χ2v) is 7.61. The number of esters is 1. The average molecular weight is 387 g/mol. The lowest BCUT2D eigenvalue weighted by atomic mass is 10.1. The average Bonchev–Trinajstić information content (AvgIpc) is 3.20. The van der Waals surface area contributed by atoms with Gasteiger partial charge in [-0.25, -0.2) is 9.48 Å². The van der Waals surface area contributed by atoms with Gasteiger partial charge in [0.15, 0.2) is 0 Å². The van der Waals surface area contributed by atoms with Crippen LogP contribution >= 0.6 is 11.6 Å². The predicted octanol–water partition coefficient (Wildman–Crippen LogP) is 3.01. The zero-order valence-electron chi connectivity index (χ0n) is 15.4. The molecule has 2 aliphatic carbocycles. The third-order valence-corrected chi connectivity index (χ3v) is 5.95. The lowest BCUT2D eigenvalue weighted by Crippen LogP contribution is -2.12. The molecule has 2 aromatic rings. The molecule has 3 atom stereocenters. The van der Waals surface area contributed by atoms with E-state index in [0.717, 1.165) is 41.9 Å². The molecule has 1 aromatic carbocycles. The third kappa shape index (κ3) is 2.98. The van der Waals surface area contributed by atoms with E-state index in [-0.39, 0.29) is 23.2 Å². The smallest absolute Gasteiger partial charge is 0.341 e. The van der Waals surface area contributed by atoms with E-state index in [4.69, 9.17) is 22.1 Å². The number of nitrogens with zero attached hydrogens (tertiary/aromatic N) is 2. The molecule has 2 aliphatic rings. The van der Waals surface area contributed by atoms with Gasteiger partial charge in [0.25, 0.3) is 0 Å². The van der Waals surface area contributed by atoms with Crippen LogP contribution in [0.3, 0.4) is 0 Å². The highest BCUT2D eigenvalue weighted by Gasteiger charge is 2.45. The van der Waals surface area contributed by atoms with Crippen molar-refractivity contribution in [2.75, 3.05) is 14.2 Å². The molecule has 0 amide bonds. The standard InChI is InChI=1S/C20H23ClN4O2/c1-23-10-17(22)13-8-14(13)19-15(20(26)27-2)9-24-25(19)18-5-3-4-11-12(18)6-7-16(11)21/h3-5,9-10,13-14,16,23H,6-8,22H2,1-2H3/b17-10-/t13?,14-,16?/m1/s1. The van der Waals surface area contributed by atoms with Crippen LogP contribution in [0.1, 0.15) is 51.3 Å². The van der Waals surface area contributed by atoms with Crippen LogP contribution in [0, 0.1) is 5.92 Å². The molecule has 27 heavy (non-hydrogen) atoms. The highest BCUT2D eigenvalue weighted by molar-refractivity contribution is 6.21. The molecule has 0 spiro atoms. The predicted molar refractivity (Wildman–Crippen MR) is 104 cm³/mol. The summed E-state index contributed by atoms with van der Waals surface area (Å²) in [6.45, 7) is 0. The summed E-state index contributed by atoms with van der Waals surface area (Å²) in [5, 5.41) is 7.56. The number of halogens is 1. The van der Waals surface area contributed by atoms with Gasteiger partial charge >= 0.3 is 5.97 Å². The highest BCUT2D eigenvalue weighted by atomic mass is 35.5. The Kier molecular flexibility index (Phi) is 4.60. The van der Waals surface area contributed by atoms with Crippen LogP contribution in [0.2, 0.25) is 0 Å². The van der Waals surface area contributed by atoms with Gasteiger partial charge in [0.05, 0.1) is 30.1 Å². The van der Waals surface area contributed by atoms with Crippen LogP contribution in [0.25, 0.3) is 5.69 Å². The van der Waals surface area contributed by atoms with E-state index in [1.807, 2.05) is 30.1 Å². The van der Waals surface area contributed by atoms with Gasteiger partial charge in [-0.2, -0.15) is 5.10 Å². The number of hydrogen-bond acceptors (Lipinski definition) is 5. The van der Waals surface area contributed by atoms with Crippen molar-refractivity contribution in [3.05, 3.63) is 58.7 Å². The number of hydrogen-bond donors (Lipinski definition) is 2. The Balaban J connectivity index is 1.81. The first-order valence-electron chi connectivity index (χ1n) is 9.12. The zero-order valence-corrected chi connectivity index (χ0v) is 16.2. The molecule has 7 heteroatoms. The molecule has 0 saturated heterocycles. The van der Waals surface area contributed by atoms with Crippen molar-refractivity contribution in [3.8, 4) is 5.69 Å². The first kappa shape index (κ1) is 17.9. The number of nitrogens with one attached hydrogen (secondary N) is 1. The minimum Gasteiger partial charge on any atom is -0.465 e. The van der Waals surface area contributed by atoms with Crippen molar-refractivity contribution in [3.63, 3.8) is 0 Å². The van der Waals surface area contributed by atoms with Gasteiger partial charge in [-0.05, 0) is 36.5 Å². The topological polar surface area (TPSA) is 82.2 Å². The Morgan fingerprint density at radius 1 is 1.48 bits per heavy atom. The van der Waals surface area contributed by atoms with Gasteiger partial charge in [0, 0.05) is 30.8 Å². The maximum absolute atomic E-state index is 12.3. The lowest BCUT2D eigenvalue weighted by Gasteiger charge is -2.14. The van der Waals surface area contributed by atoms with Crippen LogP contribution in [0.15, 0.2) is 36.3 Å². The van der Waals surface area contributed by atoms with Crippen LogP contribution in [0.4, 0.5) is 0 Å². The van der Waals surface area contributed by atoms with Crippen molar-refractivity contribution < 1.29 is 9.53 Å². The van der Waals surface area contributed by atoms with E-state index >= 15 is 0 Å². The third-order valence-electron chi connectivity index (χ3n) is 5.49. The quantitative estimate of drug-likeness (QED) is 0.609. The number of carbonyl (C=O) groups excluding carboxylic acids is 1. The number of alkyl halides is 1. The molecule has 142 valence electrons. The van der Waals surface area contributed by atoms with Crippen LogP contribution in [-0.4, -0.2) is 29.9 Å². The van der Waals surface area contributed by atoms with Crippen LogP contribution in [-0.2, 0) is 11.2 Å². The summed E-state index contributed by atoms with van der Waals surface area (Å²) in [7, 11) is 3.21. The van der Waals surface area contributed by atoms with Gasteiger partial charge in [0.2, 0.25) is 0 Å². The Morgan fingerprint density at radius 3 is 3.04 bits per heavy atom. The second kappa shape index (κ2) is 6.93. The molecular weight excluding hydrogens is 364 g/mol. The number of fused-ring (bicyclic) bond motifs is 1. The summed E-state index contributed by atoms with van der Waals surface area (Å²) in [5.74, 6) is -0.0510. The minimum atomic E-state index is -0.374. The molecule has 1 aromatic heterocycles. The number of rotatable bonds is 5. The number of methoxy groups -OCH3 is 1. The molecule has 1 heterocycles. The molecule has 2 unspecified atom stereocenters. The summed E-state index contributed by atoms with van der Waals surface area (Å²) in [4.78, 5) is 12.3. The maximum atomic E-state index is 12.3. The summed E-state index contributed by atoms with van der Waals surface area (Å²) in [6.07, 6.45) is 6.11. The van der Waals surface area contributed by atoms with E-state index in [9.17, 15) is 4.79 Å². The molecular formula is C20H23ClN4O2. The van der Waals surface area contributed by atoms with Crippen molar-refractivity contribution in [1.29, 1.82) is 0 Å². The number of benzene rings is 1. The van der Waals surface area contributed by atoms with Gasteiger partial charge in [0.1, 0.15) is 5.56 Å². The lowest BCUT2D eigenvalue weighted by molar-refractivity contribution is 0.0599. The fraction of sp³-hybridized carbons (Fsp3) is 0.400. The first-order chi connectivity index (χ1) is 13.1. The zero-order chi connectivity index (χ0) is 19.1. The summed E-state index contributed by atoms with van der Waals surface area (Å²) >= 11 is 6.46. The molecule has 0 radical (unpaired) electrons. The number of carbonyl (C=O) groups is 1. The molecule has 1 saturated carbocycles. The Bertz CT molecular complexity index is 921. The fourth-order valence-corrected chi connectivity index (χ4v) is 4.41. The van der Waals surface area contributed by atoms with Gasteiger partial charge < -0.3 is 15.8 Å². The highest BCUT2D eigenvalue weighted by Crippen LogP contribution is 2.52. The number of ether oxygens (including phenoxy) is 1. The molecule has 0 aliphatic heterocycles. The monoisotopic (exact) mass is 386 g/mol. The van der Waals surface area contributed by atoms with E-state index in [2.05, 4.69) is 16.5 Å². The van der Waals surface area contributed by atoms with Crippen molar-refractivity contribution in [2.45, 2.75) is 30.6 Å². The van der Waals surface area contributed by atoms with Gasteiger partial charge in [-0.15, -0.1) is 11.6 Å². The number of nitrogens with two attached hydrogens (primary N) is 1. The summed E-state index contributed by atoms with van der Waals surface area (Å²) in [5.41, 5.74) is 11.7. The molecule has 1 fully saturated rings. The Hall–Kier alpha value is -2.47. The van der Waals surface area contributed by atoms with E-state index in [0.29, 0.717) is 5.56 Å². The molecule has 6 nitrogen and oxygen atoms in total. The summed E-state index contributed by atoms with van der Waals surface area (Å²) in [6, 6.07) is 6.11. The Labute approximate surface area is 163 Å². The van der Waals surface area contributed by atoms with Crippen LogP contribution in [0.5, 0.6) is 0 Å². The van der Waals surface area contributed by atoms with Crippen molar-refractivity contribution >= 4 is 17.6 Å².